The Morgan fingerprint density at radius 2 is 2.19 bits per heavy atom. The maximum atomic E-state index is 11.1. The van der Waals surface area contributed by atoms with Gasteiger partial charge in [-0.3, -0.25) is 10.1 Å². The van der Waals surface area contributed by atoms with Crippen molar-refractivity contribution < 1.29 is 4.92 Å². The first-order chi connectivity index (χ1) is 10.1. The highest BCUT2D eigenvalue weighted by molar-refractivity contribution is 5.96. The van der Waals surface area contributed by atoms with Crippen LogP contribution in [-0.2, 0) is 0 Å². The summed E-state index contributed by atoms with van der Waals surface area (Å²) in [6, 6.07) is 7.51. The van der Waals surface area contributed by atoms with Crippen LogP contribution in [0.3, 0.4) is 0 Å². The quantitative estimate of drug-likeness (QED) is 0.680. The molecule has 1 aromatic carbocycles. The summed E-state index contributed by atoms with van der Waals surface area (Å²) in [7, 11) is 0. The van der Waals surface area contributed by atoms with E-state index < -0.39 is 0 Å². The third-order valence-corrected chi connectivity index (χ3v) is 4.24. The molecule has 110 valence electrons. The lowest BCUT2D eigenvalue weighted by Gasteiger charge is -2.28. The molecule has 0 radical (unpaired) electrons. The Balaban J connectivity index is 1.96. The van der Waals surface area contributed by atoms with E-state index in [0.29, 0.717) is 11.6 Å². The van der Waals surface area contributed by atoms with Crippen LogP contribution in [0, 0.1) is 16.0 Å². The number of pyridine rings is 1. The first kappa shape index (κ1) is 13.8. The lowest BCUT2D eigenvalue weighted by Crippen LogP contribution is -2.26. The van der Waals surface area contributed by atoms with Crippen LogP contribution in [0.15, 0.2) is 30.5 Å². The van der Waals surface area contributed by atoms with Crippen LogP contribution in [-0.4, -0.2) is 15.9 Å². The van der Waals surface area contributed by atoms with Gasteiger partial charge in [0.1, 0.15) is 5.52 Å². The van der Waals surface area contributed by atoms with Crippen LogP contribution < -0.4 is 5.32 Å². The molecule has 1 fully saturated rings. The minimum Gasteiger partial charge on any atom is -0.382 e. The number of nitrogens with zero attached hydrogens (tertiary/aromatic N) is 2. The summed E-state index contributed by atoms with van der Waals surface area (Å²) in [6.45, 7) is 2.28. The number of anilines is 1. The molecule has 1 N–H and O–H groups in total. The van der Waals surface area contributed by atoms with Gasteiger partial charge in [0, 0.05) is 29.4 Å². The second-order valence-electron chi connectivity index (χ2n) is 5.90. The normalized spacial score (nSPS) is 22.1. The van der Waals surface area contributed by atoms with Gasteiger partial charge in [-0.2, -0.15) is 0 Å². The molecule has 21 heavy (non-hydrogen) atoms. The van der Waals surface area contributed by atoms with Gasteiger partial charge < -0.3 is 5.32 Å². The predicted molar refractivity (Wildman–Crippen MR) is 83.4 cm³/mol. The molecule has 2 aromatic rings. The Morgan fingerprint density at radius 1 is 1.33 bits per heavy atom. The largest absolute Gasteiger partial charge is 0.382 e. The Morgan fingerprint density at radius 3 is 2.95 bits per heavy atom. The number of non-ortho nitro benzene ring substituents is 1. The summed E-state index contributed by atoms with van der Waals surface area (Å²) in [5.74, 6) is 0.735. The fourth-order valence-corrected chi connectivity index (χ4v) is 3.22. The highest BCUT2D eigenvalue weighted by atomic mass is 16.6. The molecule has 1 aliphatic rings. The maximum Gasteiger partial charge on any atom is 0.295 e. The average Bonchev–Trinajstić information content (AvgIpc) is 2.47. The molecule has 5 nitrogen and oxygen atoms in total. The van der Waals surface area contributed by atoms with E-state index in [2.05, 4.69) is 17.2 Å². The Kier molecular flexibility index (Phi) is 3.73. The zero-order valence-corrected chi connectivity index (χ0v) is 12.1. The minimum atomic E-state index is -0.373. The van der Waals surface area contributed by atoms with Crippen molar-refractivity contribution in [3.63, 3.8) is 0 Å². The summed E-state index contributed by atoms with van der Waals surface area (Å²) in [5, 5.41) is 15.5. The zero-order valence-electron chi connectivity index (χ0n) is 12.1. The van der Waals surface area contributed by atoms with Crippen molar-refractivity contribution >= 4 is 22.3 Å². The first-order valence-electron chi connectivity index (χ1n) is 7.44. The van der Waals surface area contributed by atoms with Crippen molar-refractivity contribution in [2.75, 3.05) is 5.32 Å². The van der Waals surface area contributed by atoms with Gasteiger partial charge >= 0.3 is 0 Å². The summed E-state index contributed by atoms with van der Waals surface area (Å²) in [4.78, 5) is 14.9. The number of hydrogen-bond donors (Lipinski definition) is 1. The van der Waals surface area contributed by atoms with Crippen molar-refractivity contribution in [3.05, 3.63) is 40.6 Å². The molecule has 0 bridgehead atoms. The van der Waals surface area contributed by atoms with Gasteiger partial charge in [-0.05, 0) is 37.0 Å². The Labute approximate surface area is 123 Å². The van der Waals surface area contributed by atoms with Gasteiger partial charge in [0.25, 0.3) is 5.69 Å². The van der Waals surface area contributed by atoms with Crippen LogP contribution in [0.5, 0.6) is 0 Å². The molecule has 2 unspecified atom stereocenters. The van der Waals surface area contributed by atoms with Crippen molar-refractivity contribution in [1.82, 2.24) is 4.98 Å². The fraction of sp³-hybridized carbons (Fsp3) is 0.438. The van der Waals surface area contributed by atoms with Gasteiger partial charge in [-0.1, -0.05) is 19.8 Å². The van der Waals surface area contributed by atoms with Crippen molar-refractivity contribution in [2.45, 2.75) is 38.6 Å². The summed E-state index contributed by atoms with van der Waals surface area (Å²) < 4.78 is 0. The zero-order chi connectivity index (χ0) is 14.8. The van der Waals surface area contributed by atoms with E-state index in [9.17, 15) is 10.1 Å². The highest BCUT2D eigenvalue weighted by Gasteiger charge is 2.21. The SMILES string of the molecule is CC1CCCC(Nc2ccc([N+](=O)[O-])c3ncccc23)C1. The topological polar surface area (TPSA) is 68.1 Å². The average molecular weight is 285 g/mol. The van der Waals surface area contributed by atoms with Crippen LogP contribution in [0.2, 0.25) is 0 Å². The molecule has 3 rings (SSSR count). The van der Waals surface area contributed by atoms with Crippen molar-refractivity contribution in [1.29, 1.82) is 0 Å². The molecule has 2 atom stereocenters. The van der Waals surface area contributed by atoms with Crippen LogP contribution in [0.1, 0.15) is 32.6 Å². The number of benzene rings is 1. The summed E-state index contributed by atoms with van der Waals surface area (Å²) >= 11 is 0. The van der Waals surface area contributed by atoms with Gasteiger partial charge in [0.05, 0.1) is 4.92 Å². The van der Waals surface area contributed by atoms with E-state index in [1.54, 1.807) is 18.3 Å². The molecule has 0 spiro atoms. The number of rotatable bonds is 3. The van der Waals surface area contributed by atoms with Crippen LogP contribution >= 0.6 is 0 Å². The minimum absolute atomic E-state index is 0.0631. The highest BCUT2D eigenvalue weighted by Crippen LogP contribution is 2.32. The van der Waals surface area contributed by atoms with Gasteiger partial charge in [0.15, 0.2) is 0 Å². The van der Waals surface area contributed by atoms with E-state index >= 15 is 0 Å². The van der Waals surface area contributed by atoms with E-state index in [1.165, 1.54) is 12.8 Å². The van der Waals surface area contributed by atoms with E-state index in [4.69, 9.17) is 0 Å². The number of fused-ring (bicyclic) bond motifs is 1. The third-order valence-electron chi connectivity index (χ3n) is 4.24. The number of aromatic nitrogens is 1. The number of hydrogen-bond acceptors (Lipinski definition) is 4. The molecule has 0 aliphatic heterocycles. The number of nitro benzene ring substituents is 1. The lowest BCUT2D eigenvalue weighted by molar-refractivity contribution is -0.383. The van der Waals surface area contributed by atoms with E-state index in [-0.39, 0.29) is 10.6 Å². The van der Waals surface area contributed by atoms with Gasteiger partial charge in [0.2, 0.25) is 0 Å². The monoisotopic (exact) mass is 285 g/mol. The first-order valence-corrected chi connectivity index (χ1v) is 7.44. The third kappa shape index (κ3) is 2.82. The molecule has 1 aliphatic carbocycles. The van der Waals surface area contributed by atoms with Crippen molar-refractivity contribution in [3.8, 4) is 0 Å². The molecule has 5 heteroatoms. The molecule has 0 saturated heterocycles. The van der Waals surface area contributed by atoms with Gasteiger partial charge in [-0.25, -0.2) is 4.98 Å². The van der Waals surface area contributed by atoms with E-state index in [0.717, 1.165) is 29.8 Å². The second kappa shape index (κ2) is 5.68. The molecule has 1 aromatic heterocycles. The van der Waals surface area contributed by atoms with Crippen LogP contribution in [0.4, 0.5) is 11.4 Å². The number of nitro groups is 1. The molecule has 1 heterocycles. The smallest absolute Gasteiger partial charge is 0.295 e. The van der Waals surface area contributed by atoms with Crippen LogP contribution in [0.25, 0.3) is 10.9 Å². The molecule has 0 amide bonds. The van der Waals surface area contributed by atoms with Gasteiger partial charge in [-0.15, -0.1) is 0 Å². The molecular formula is C16H19N3O2. The Hall–Kier alpha value is -2.17. The maximum absolute atomic E-state index is 11.1. The van der Waals surface area contributed by atoms with E-state index in [1.807, 2.05) is 12.1 Å². The molecule has 1 saturated carbocycles. The Bertz CT molecular complexity index is 672. The summed E-state index contributed by atoms with van der Waals surface area (Å²) in [5.41, 5.74) is 1.47. The van der Waals surface area contributed by atoms with Crippen molar-refractivity contribution in [2.24, 2.45) is 5.92 Å². The predicted octanol–water partition coefficient (Wildman–Crippen LogP) is 4.13. The molecular weight excluding hydrogens is 266 g/mol. The number of nitrogens with one attached hydrogen (secondary N) is 1. The standard InChI is InChI=1S/C16H19N3O2/c1-11-4-2-5-12(10-11)18-14-7-8-15(19(20)21)16-13(14)6-3-9-17-16/h3,6-9,11-12,18H,2,4-5,10H2,1H3. The lowest BCUT2D eigenvalue weighted by atomic mass is 9.87. The fourth-order valence-electron chi connectivity index (χ4n) is 3.22. The summed E-state index contributed by atoms with van der Waals surface area (Å²) in [6.07, 6.45) is 6.44. The second-order valence-corrected chi connectivity index (χ2v) is 5.90.